The molecule has 10 heteroatoms. The highest BCUT2D eigenvalue weighted by molar-refractivity contribution is 5.93. The molecule has 1 aromatic carbocycles. The normalized spacial score (nSPS) is 16.2. The van der Waals surface area contributed by atoms with Crippen molar-refractivity contribution >= 4 is 34.8 Å². The molecule has 0 unspecified atom stereocenters. The molecule has 10 nitrogen and oxygen atoms in total. The van der Waals surface area contributed by atoms with Crippen molar-refractivity contribution < 1.29 is 23.9 Å². The van der Waals surface area contributed by atoms with Crippen molar-refractivity contribution in [1.82, 2.24) is 19.8 Å². The first-order chi connectivity index (χ1) is 18.1. The van der Waals surface area contributed by atoms with Gasteiger partial charge in [0, 0.05) is 48.9 Å². The molecule has 5 rings (SSSR count). The summed E-state index contributed by atoms with van der Waals surface area (Å²) in [7, 11) is 0. The zero-order chi connectivity index (χ0) is 26.9. The largest absolute Gasteiger partial charge is 0.457 e. The average Bonchev–Trinajstić information content (AvgIpc) is 3.58. The molecule has 200 valence electrons. The monoisotopic (exact) mass is 519 g/mol. The maximum absolute atomic E-state index is 12.9. The van der Waals surface area contributed by atoms with Crippen molar-refractivity contribution in [3.8, 4) is 11.5 Å². The van der Waals surface area contributed by atoms with Crippen LogP contribution in [0.5, 0.6) is 11.5 Å². The van der Waals surface area contributed by atoms with Crippen LogP contribution in [0, 0.1) is 5.92 Å². The van der Waals surface area contributed by atoms with Crippen molar-refractivity contribution in [2.24, 2.45) is 5.92 Å². The van der Waals surface area contributed by atoms with Crippen LogP contribution in [0.25, 0.3) is 10.9 Å². The van der Waals surface area contributed by atoms with Crippen molar-refractivity contribution in [2.75, 3.05) is 18.4 Å². The molecule has 1 aliphatic carbocycles. The lowest BCUT2D eigenvalue weighted by atomic mass is 9.96. The lowest BCUT2D eigenvalue weighted by Gasteiger charge is -2.32. The van der Waals surface area contributed by atoms with Crippen LogP contribution in [0.15, 0.2) is 48.8 Å². The summed E-state index contributed by atoms with van der Waals surface area (Å²) in [5, 5.41) is 6.75. The van der Waals surface area contributed by atoms with E-state index in [9.17, 15) is 14.4 Å². The molecule has 1 aliphatic heterocycles. The molecule has 38 heavy (non-hydrogen) atoms. The van der Waals surface area contributed by atoms with E-state index in [4.69, 9.17) is 9.47 Å². The van der Waals surface area contributed by atoms with Gasteiger partial charge in [-0.2, -0.15) is 0 Å². The van der Waals surface area contributed by atoms with E-state index in [0.717, 1.165) is 23.7 Å². The van der Waals surface area contributed by atoms with Crippen LogP contribution >= 0.6 is 0 Å². The first-order valence-corrected chi connectivity index (χ1v) is 13.0. The number of carbonyl (C=O) groups is 3. The van der Waals surface area contributed by atoms with Gasteiger partial charge in [-0.05, 0) is 76.8 Å². The molecule has 2 aromatic heterocycles. The molecule has 0 atom stereocenters. The number of amides is 3. The molecular formula is C28H33N5O5. The summed E-state index contributed by atoms with van der Waals surface area (Å²) in [5.41, 5.74) is 0.253. The molecule has 0 bridgehead atoms. The lowest BCUT2D eigenvalue weighted by molar-refractivity contribution is -0.121. The summed E-state index contributed by atoms with van der Waals surface area (Å²) in [5.74, 6) is 1.18. The van der Waals surface area contributed by atoms with Crippen LogP contribution in [-0.4, -0.2) is 57.2 Å². The van der Waals surface area contributed by atoms with Gasteiger partial charge in [-0.1, -0.05) is 0 Å². The number of anilines is 1. The fourth-order valence-corrected chi connectivity index (χ4v) is 4.39. The summed E-state index contributed by atoms with van der Waals surface area (Å²) in [6, 6.07) is 11.0. The lowest BCUT2D eigenvalue weighted by Crippen LogP contribution is -2.43. The van der Waals surface area contributed by atoms with Crippen LogP contribution in [0.1, 0.15) is 46.5 Å². The zero-order valence-electron chi connectivity index (χ0n) is 21.9. The SMILES string of the molecule is CC(C)(C)OC(=O)N1CCC(C(=O)Nc2cc(Oc3ccc4c(ccn4C(=O)NC4CC4)c3)ccn2)CC1. The summed E-state index contributed by atoms with van der Waals surface area (Å²) in [4.78, 5) is 43.5. The van der Waals surface area contributed by atoms with Crippen molar-refractivity contribution in [3.05, 3.63) is 48.8 Å². The van der Waals surface area contributed by atoms with Crippen LogP contribution < -0.4 is 15.4 Å². The first kappa shape index (κ1) is 25.6. The molecule has 3 heterocycles. The van der Waals surface area contributed by atoms with Gasteiger partial charge in [-0.3, -0.25) is 9.36 Å². The van der Waals surface area contributed by atoms with Gasteiger partial charge in [-0.15, -0.1) is 0 Å². The number of hydrogen-bond acceptors (Lipinski definition) is 6. The Balaban J connectivity index is 1.17. The number of nitrogens with one attached hydrogen (secondary N) is 2. The molecular weight excluding hydrogens is 486 g/mol. The van der Waals surface area contributed by atoms with Crippen LogP contribution in [-0.2, 0) is 9.53 Å². The van der Waals surface area contributed by atoms with E-state index >= 15 is 0 Å². The van der Waals surface area contributed by atoms with Crippen LogP contribution in [0.3, 0.4) is 0 Å². The Hall–Kier alpha value is -4.08. The van der Waals surface area contributed by atoms with Gasteiger partial charge in [-0.25, -0.2) is 14.6 Å². The van der Waals surface area contributed by atoms with E-state index in [1.165, 1.54) is 0 Å². The number of hydrogen-bond donors (Lipinski definition) is 2. The third-order valence-corrected chi connectivity index (χ3v) is 6.52. The predicted octanol–water partition coefficient (Wildman–Crippen LogP) is 5.13. The van der Waals surface area contributed by atoms with Gasteiger partial charge in [0.05, 0.1) is 5.52 Å². The van der Waals surface area contributed by atoms with Crippen molar-refractivity contribution in [3.63, 3.8) is 0 Å². The molecule has 0 spiro atoms. The average molecular weight is 520 g/mol. The molecule has 1 saturated heterocycles. The number of pyridine rings is 1. The van der Waals surface area contributed by atoms with E-state index in [-0.39, 0.29) is 30.0 Å². The molecule has 0 radical (unpaired) electrons. The second-order valence-electron chi connectivity index (χ2n) is 10.8. The smallest absolute Gasteiger partial charge is 0.410 e. The van der Waals surface area contributed by atoms with Crippen molar-refractivity contribution in [2.45, 2.75) is 58.1 Å². The third kappa shape index (κ3) is 6.24. The number of aromatic nitrogens is 2. The number of nitrogens with zero attached hydrogens (tertiary/aromatic N) is 3. The third-order valence-electron chi connectivity index (χ3n) is 6.52. The fraction of sp³-hybridized carbons (Fsp3) is 0.429. The Bertz CT molecular complexity index is 1350. The number of carbonyl (C=O) groups excluding carboxylic acids is 3. The Morgan fingerprint density at radius 1 is 0.974 bits per heavy atom. The number of fused-ring (bicyclic) bond motifs is 1. The molecule has 3 aromatic rings. The number of likely N-dealkylation sites (tertiary alicyclic amines) is 1. The number of ether oxygens (including phenoxy) is 2. The van der Waals surface area contributed by atoms with E-state index in [1.54, 1.807) is 40.1 Å². The molecule has 2 fully saturated rings. The van der Waals surface area contributed by atoms with E-state index < -0.39 is 5.60 Å². The fourth-order valence-electron chi connectivity index (χ4n) is 4.39. The molecule has 3 amide bonds. The van der Waals surface area contributed by atoms with Crippen LogP contribution in [0.4, 0.5) is 15.4 Å². The second-order valence-corrected chi connectivity index (χ2v) is 10.8. The zero-order valence-corrected chi connectivity index (χ0v) is 21.9. The highest BCUT2D eigenvalue weighted by Gasteiger charge is 2.30. The van der Waals surface area contributed by atoms with E-state index in [2.05, 4.69) is 15.6 Å². The number of rotatable bonds is 5. The Morgan fingerprint density at radius 2 is 1.71 bits per heavy atom. The van der Waals surface area contributed by atoms with E-state index in [0.29, 0.717) is 43.2 Å². The van der Waals surface area contributed by atoms with Gasteiger partial charge in [0.2, 0.25) is 5.91 Å². The Labute approximate surface area is 221 Å². The molecule has 2 aliphatic rings. The van der Waals surface area contributed by atoms with Gasteiger partial charge < -0.3 is 25.0 Å². The second kappa shape index (κ2) is 10.4. The first-order valence-electron chi connectivity index (χ1n) is 13.0. The molecule has 2 N–H and O–H groups in total. The summed E-state index contributed by atoms with van der Waals surface area (Å²) in [6.45, 7) is 6.44. The maximum Gasteiger partial charge on any atom is 0.410 e. The van der Waals surface area contributed by atoms with Gasteiger partial charge in [0.1, 0.15) is 22.9 Å². The predicted molar refractivity (Wildman–Crippen MR) is 142 cm³/mol. The summed E-state index contributed by atoms with van der Waals surface area (Å²) < 4.78 is 13.1. The minimum Gasteiger partial charge on any atom is -0.457 e. The van der Waals surface area contributed by atoms with Gasteiger partial charge in [0.25, 0.3) is 0 Å². The Morgan fingerprint density at radius 3 is 2.42 bits per heavy atom. The standard InChI is InChI=1S/C28H33N5O5/c1-28(2,3)38-27(36)32-13-9-18(10-14-32)25(34)31-24-17-22(8-12-29-24)37-21-6-7-23-19(16-21)11-15-33(23)26(35)30-20-4-5-20/h6-8,11-12,15-18,20H,4-5,9-10,13-14H2,1-3H3,(H,30,35)(H,29,31,34). The highest BCUT2D eigenvalue weighted by atomic mass is 16.6. The van der Waals surface area contributed by atoms with Crippen LogP contribution in [0.2, 0.25) is 0 Å². The van der Waals surface area contributed by atoms with E-state index in [1.807, 2.05) is 39.0 Å². The minimum absolute atomic E-state index is 0.124. The topological polar surface area (TPSA) is 115 Å². The molecule has 1 saturated carbocycles. The quantitative estimate of drug-likeness (QED) is 0.483. The summed E-state index contributed by atoms with van der Waals surface area (Å²) in [6.07, 6.45) is 6.16. The number of piperidine rings is 1. The maximum atomic E-state index is 12.9. The van der Waals surface area contributed by atoms with Gasteiger partial charge >= 0.3 is 12.1 Å². The Kier molecular flexibility index (Phi) is 6.96. The number of benzene rings is 1. The van der Waals surface area contributed by atoms with Gasteiger partial charge in [0.15, 0.2) is 0 Å². The minimum atomic E-state index is -0.549. The van der Waals surface area contributed by atoms with Crippen molar-refractivity contribution in [1.29, 1.82) is 0 Å². The summed E-state index contributed by atoms with van der Waals surface area (Å²) >= 11 is 0. The highest BCUT2D eigenvalue weighted by Crippen LogP contribution is 2.28.